The number of aromatic nitrogens is 2. The Labute approximate surface area is 230 Å². The number of aromatic hydroxyl groups is 1. The molecular formula is C27H26ClN5O5S. The van der Waals surface area contributed by atoms with Crippen molar-refractivity contribution in [2.75, 3.05) is 10.6 Å². The largest absolute Gasteiger partial charge is 0.506 e. The van der Waals surface area contributed by atoms with Gasteiger partial charge in [0.25, 0.3) is 5.91 Å². The van der Waals surface area contributed by atoms with Crippen LogP contribution in [-0.2, 0) is 14.8 Å². The highest BCUT2D eigenvalue weighted by molar-refractivity contribution is 7.89. The molecule has 1 heterocycles. The Morgan fingerprint density at radius 1 is 1.03 bits per heavy atom. The van der Waals surface area contributed by atoms with E-state index in [-0.39, 0.29) is 39.0 Å². The summed E-state index contributed by atoms with van der Waals surface area (Å²) in [5, 5.41) is 19.8. The number of anilines is 2. The zero-order valence-electron chi connectivity index (χ0n) is 21.1. The molecule has 0 bridgehead atoms. The van der Waals surface area contributed by atoms with Crippen molar-refractivity contribution in [1.29, 1.82) is 0 Å². The standard InChI is InChI=1S/C27H26ClN5O5S/c1-17-8-10-21(11-9-17)39(37,38)32-18(2)12-26(35)30-23-14-25(34)24(13-22(23)28)31-27(36)19-15-29-33(16-19)20-6-4-3-5-7-20/h3-11,13-16,18,32,34H,12H2,1-2H3,(H,30,35)(H,31,36). The average molecular weight is 568 g/mol. The number of hydrogen-bond donors (Lipinski definition) is 4. The van der Waals surface area contributed by atoms with Crippen molar-refractivity contribution in [3.63, 3.8) is 0 Å². The minimum absolute atomic E-state index is 0.0367. The molecule has 3 aromatic carbocycles. The summed E-state index contributed by atoms with van der Waals surface area (Å²) in [6, 6.07) is 17.4. The highest BCUT2D eigenvalue weighted by Crippen LogP contribution is 2.34. The summed E-state index contributed by atoms with van der Waals surface area (Å²) in [4.78, 5) is 25.3. The molecule has 39 heavy (non-hydrogen) atoms. The van der Waals surface area contributed by atoms with E-state index in [2.05, 4.69) is 20.5 Å². The summed E-state index contributed by atoms with van der Waals surface area (Å²) in [7, 11) is -3.81. The summed E-state index contributed by atoms with van der Waals surface area (Å²) in [5.74, 6) is -1.37. The van der Waals surface area contributed by atoms with Crippen molar-refractivity contribution < 1.29 is 23.1 Å². The first-order valence-electron chi connectivity index (χ1n) is 11.8. The number of benzene rings is 3. The van der Waals surface area contributed by atoms with Gasteiger partial charge in [0.1, 0.15) is 5.75 Å². The predicted molar refractivity (Wildman–Crippen MR) is 149 cm³/mol. The van der Waals surface area contributed by atoms with Crippen LogP contribution in [0.15, 0.2) is 84.0 Å². The lowest BCUT2D eigenvalue weighted by atomic mass is 10.2. The van der Waals surface area contributed by atoms with E-state index in [0.29, 0.717) is 0 Å². The van der Waals surface area contributed by atoms with Gasteiger partial charge in [-0.1, -0.05) is 47.5 Å². The second-order valence-corrected chi connectivity index (χ2v) is 11.0. The lowest BCUT2D eigenvalue weighted by molar-refractivity contribution is -0.116. The molecular weight excluding hydrogens is 542 g/mol. The van der Waals surface area contributed by atoms with Gasteiger partial charge in [-0.2, -0.15) is 5.10 Å². The summed E-state index contributed by atoms with van der Waals surface area (Å²) in [6.45, 7) is 3.41. The molecule has 1 aromatic heterocycles. The highest BCUT2D eigenvalue weighted by Gasteiger charge is 2.20. The molecule has 0 aliphatic rings. The monoisotopic (exact) mass is 567 g/mol. The average Bonchev–Trinajstić information content (AvgIpc) is 3.38. The number of carbonyl (C=O) groups excluding carboxylic acids is 2. The number of nitrogens with one attached hydrogen (secondary N) is 3. The Morgan fingerprint density at radius 2 is 1.72 bits per heavy atom. The summed E-state index contributed by atoms with van der Waals surface area (Å²) < 4.78 is 29.1. The zero-order valence-corrected chi connectivity index (χ0v) is 22.6. The first-order valence-corrected chi connectivity index (χ1v) is 13.7. The minimum Gasteiger partial charge on any atom is -0.506 e. The number of phenolic OH excluding ortho intramolecular Hbond substituents is 1. The smallest absolute Gasteiger partial charge is 0.258 e. The molecule has 0 spiro atoms. The van der Waals surface area contributed by atoms with Crippen molar-refractivity contribution in [2.24, 2.45) is 0 Å². The van der Waals surface area contributed by atoms with Gasteiger partial charge in [-0.25, -0.2) is 17.8 Å². The first kappa shape index (κ1) is 27.8. The van der Waals surface area contributed by atoms with E-state index in [9.17, 15) is 23.1 Å². The van der Waals surface area contributed by atoms with Gasteiger partial charge < -0.3 is 15.7 Å². The quantitative estimate of drug-likeness (QED) is 0.220. The van der Waals surface area contributed by atoms with Crippen LogP contribution < -0.4 is 15.4 Å². The van der Waals surface area contributed by atoms with Crippen molar-refractivity contribution >= 4 is 44.8 Å². The third-order valence-electron chi connectivity index (χ3n) is 5.65. The lowest BCUT2D eigenvalue weighted by Gasteiger charge is -2.15. The number of nitrogens with zero attached hydrogens (tertiary/aromatic N) is 2. The van der Waals surface area contributed by atoms with E-state index in [1.165, 1.54) is 30.5 Å². The van der Waals surface area contributed by atoms with Gasteiger partial charge in [-0.3, -0.25) is 9.59 Å². The Bertz CT molecular complexity index is 1610. The molecule has 4 N–H and O–H groups in total. The first-order chi connectivity index (χ1) is 18.5. The fourth-order valence-corrected chi connectivity index (χ4v) is 5.14. The third-order valence-corrected chi connectivity index (χ3v) is 7.57. The van der Waals surface area contributed by atoms with Crippen molar-refractivity contribution in [3.05, 3.63) is 95.3 Å². The van der Waals surface area contributed by atoms with Crippen LogP contribution >= 0.6 is 11.6 Å². The molecule has 1 atom stereocenters. The van der Waals surface area contributed by atoms with Crippen molar-refractivity contribution in [2.45, 2.75) is 31.2 Å². The van der Waals surface area contributed by atoms with Gasteiger partial charge in [0.2, 0.25) is 15.9 Å². The number of para-hydroxylation sites is 1. The Hall–Kier alpha value is -4.19. The molecule has 2 amide bonds. The maximum atomic E-state index is 12.7. The number of amides is 2. The van der Waals surface area contributed by atoms with E-state index in [1.54, 1.807) is 29.9 Å². The van der Waals surface area contributed by atoms with Crippen LogP contribution in [0.3, 0.4) is 0 Å². The lowest BCUT2D eigenvalue weighted by Crippen LogP contribution is -2.35. The molecule has 0 fully saturated rings. The van der Waals surface area contributed by atoms with Gasteiger partial charge >= 0.3 is 0 Å². The predicted octanol–water partition coefficient (Wildman–Crippen LogP) is 4.49. The number of sulfonamides is 1. The maximum Gasteiger partial charge on any atom is 0.258 e. The van der Waals surface area contributed by atoms with Gasteiger partial charge in [-0.05, 0) is 44.2 Å². The number of hydrogen-bond acceptors (Lipinski definition) is 6. The van der Waals surface area contributed by atoms with Crippen LogP contribution in [0.25, 0.3) is 5.69 Å². The van der Waals surface area contributed by atoms with Crippen LogP contribution in [0.2, 0.25) is 5.02 Å². The number of phenols is 1. The second kappa shape index (κ2) is 11.7. The van der Waals surface area contributed by atoms with Crippen LogP contribution in [0.1, 0.15) is 29.3 Å². The van der Waals surface area contributed by atoms with Crippen LogP contribution in [0, 0.1) is 6.92 Å². The van der Waals surface area contributed by atoms with Crippen molar-refractivity contribution in [3.8, 4) is 11.4 Å². The van der Waals surface area contributed by atoms with Crippen LogP contribution in [-0.4, -0.2) is 41.2 Å². The summed E-state index contributed by atoms with van der Waals surface area (Å²) in [5.41, 5.74) is 2.09. The number of halogens is 1. The van der Waals surface area contributed by atoms with Gasteiger partial charge in [0, 0.05) is 24.7 Å². The summed E-state index contributed by atoms with van der Waals surface area (Å²) in [6.07, 6.45) is 2.75. The molecule has 12 heteroatoms. The Kier molecular flexibility index (Phi) is 8.34. The van der Waals surface area contributed by atoms with Gasteiger partial charge in [0.05, 0.1) is 38.7 Å². The molecule has 10 nitrogen and oxygen atoms in total. The topological polar surface area (TPSA) is 142 Å². The van der Waals surface area contributed by atoms with Crippen molar-refractivity contribution in [1.82, 2.24) is 14.5 Å². The second-order valence-electron chi connectivity index (χ2n) is 8.90. The minimum atomic E-state index is -3.81. The normalized spacial score (nSPS) is 12.1. The summed E-state index contributed by atoms with van der Waals surface area (Å²) >= 11 is 6.29. The number of rotatable bonds is 9. The Morgan fingerprint density at radius 3 is 2.41 bits per heavy atom. The van der Waals surface area contributed by atoms with E-state index in [0.717, 1.165) is 11.3 Å². The van der Waals surface area contributed by atoms with E-state index >= 15 is 0 Å². The van der Waals surface area contributed by atoms with Gasteiger partial charge in [-0.15, -0.1) is 0 Å². The zero-order chi connectivity index (χ0) is 28.2. The number of carbonyl (C=O) groups is 2. The molecule has 4 aromatic rings. The fraction of sp³-hybridized carbons (Fsp3) is 0.148. The van der Waals surface area contributed by atoms with E-state index < -0.39 is 27.9 Å². The number of aryl methyl sites for hydroxylation is 1. The fourth-order valence-electron chi connectivity index (χ4n) is 3.69. The van der Waals surface area contributed by atoms with E-state index in [1.807, 2.05) is 37.3 Å². The molecule has 0 saturated carbocycles. The molecule has 0 aliphatic heterocycles. The van der Waals surface area contributed by atoms with Gasteiger partial charge in [0.15, 0.2) is 0 Å². The maximum absolute atomic E-state index is 12.7. The molecule has 1 unspecified atom stereocenters. The SMILES string of the molecule is Cc1ccc(S(=O)(=O)NC(C)CC(=O)Nc2cc(O)c(NC(=O)c3cnn(-c4ccccc4)c3)cc2Cl)cc1. The molecule has 202 valence electrons. The molecule has 4 rings (SSSR count). The third kappa shape index (κ3) is 7.02. The van der Waals surface area contributed by atoms with Crippen LogP contribution in [0.4, 0.5) is 11.4 Å². The Balaban J connectivity index is 1.37. The molecule has 0 saturated heterocycles. The molecule has 0 aliphatic carbocycles. The molecule has 0 radical (unpaired) electrons. The highest BCUT2D eigenvalue weighted by atomic mass is 35.5. The van der Waals surface area contributed by atoms with Crippen LogP contribution in [0.5, 0.6) is 5.75 Å². The van der Waals surface area contributed by atoms with E-state index in [4.69, 9.17) is 11.6 Å².